The molecule has 5 aromatic rings. The molecule has 0 amide bonds. The Balaban J connectivity index is 0.000000290. The van der Waals surface area contributed by atoms with E-state index >= 15 is 0 Å². The average Bonchev–Trinajstić information content (AvgIpc) is 3.54. The van der Waals surface area contributed by atoms with Gasteiger partial charge >= 0.3 is 34.1 Å². The molecule has 0 atom stereocenters. The van der Waals surface area contributed by atoms with E-state index in [1.807, 2.05) is 60.7 Å². The first-order valence-electron chi connectivity index (χ1n) is 9.27. The monoisotopic (exact) mass is 460 g/mol. The predicted octanol–water partition coefficient (Wildman–Crippen LogP) is 7.19. The molecule has 0 unspecified atom stereocenters. The van der Waals surface area contributed by atoms with Crippen molar-refractivity contribution in [2.24, 2.45) is 0 Å². The van der Waals surface area contributed by atoms with Gasteiger partial charge in [-0.15, -0.1) is 0 Å². The first kappa shape index (κ1) is 24.7. The van der Waals surface area contributed by atoms with Gasteiger partial charge in [-0.25, -0.2) is 24.3 Å². The summed E-state index contributed by atoms with van der Waals surface area (Å²) in [5.74, 6) is 0. The van der Waals surface area contributed by atoms with Gasteiger partial charge in [-0.3, -0.25) is 0 Å². The van der Waals surface area contributed by atoms with E-state index in [0.717, 1.165) is 6.42 Å². The number of benzene rings is 1. The van der Waals surface area contributed by atoms with E-state index in [4.69, 9.17) is 0 Å². The van der Waals surface area contributed by atoms with Crippen LogP contribution in [-0.4, -0.2) is 0 Å². The standard InChI is InChI=1S/C17H14.2C5H5.2Fe/c1-2-7-14(8-3-1)13-16-11-6-12-17(16)15-9-4-5-10-15;2*1-2-4-5-3-1;;/h1-12H,13H2;2*1-5H;;/q-2;2*-1;2*+2. The van der Waals surface area contributed by atoms with Gasteiger partial charge in [0, 0.05) is 0 Å². The summed E-state index contributed by atoms with van der Waals surface area (Å²) >= 11 is 0. The van der Waals surface area contributed by atoms with Gasteiger partial charge in [0.1, 0.15) is 0 Å². The molecule has 0 nitrogen and oxygen atoms in total. The van der Waals surface area contributed by atoms with Crippen molar-refractivity contribution in [1.82, 2.24) is 0 Å². The van der Waals surface area contributed by atoms with Crippen LogP contribution in [0.1, 0.15) is 11.1 Å². The van der Waals surface area contributed by atoms with Crippen LogP contribution in [0.5, 0.6) is 0 Å². The zero-order chi connectivity index (χ0) is 18.6. The van der Waals surface area contributed by atoms with Crippen molar-refractivity contribution in [2.45, 2.75) is 6.42 Å². The largest absolute Gasteiger partial charge is 2.00 e. The summed E-state index contributed by atoms with van der Waals surface area (Å²) in [6.45, 7) is 0. The third-order valence-corrected chi connectivity index (χ3v) is 4.23. The summed E-state index contributed by atoms with van der Waals surface area (Å²) in [4.78, 5) is 0. The van der Waals surface area contributed by atoms with Crippen LogP contribution >= 0.6 is 0 Å². The fraction of sp³-hybridized carbons (Fsp3) is 0.0370. The van der Waals surface area contributed by atoms with Crippen LogP contribution in [0.2, 0.25) is 0 Å². The molecule has 0 N–H and O–H groups in total. The molecule has 0 saturated heterocycles. The van der Waals surface area contributed by atoms with E-state index in [1.54, 1.807) is 0 Å². The van der Waals surface area contributed by atoms with Crippen molar-refractivity contribution < 1.29 is 34.1 Å². The van der Waals surface area contributed by atoms with Gasteiger partial charge in [-0.2, -0.15) is 95.6 Å². The van der Waals surface area contributed by atoms with Gasteiger partial charge in [0.15, 0.2) is 0 Å². The molecular formula is C27H24Fe2. The normalized spacial score (nSPS) is 8.97. The van der Waals surface area contributed by atoms with E-state index in [9.17, 15) is 0 Å². The zero-order valence-electron chi connectivity index (χ0n) is 16.1. The van der Waals surface area contributed by atoms with Crippen LogP contribution in [0, 0.1) is 0 Å². The maximum Gasteiger partial charge on any atom is 2.00 e. The van der Waals surface area contributed by atoms with Crippen molar-refractivity contribution >= 4 is 0 Å². The molecule has 29 heavy (non-hydrogen) atoms. The van der Waals surface area contributed by atoms with Crippen molar-refractivity contribution in [3.8, 4) is 11.1 Å². The van der Waals surface area contributed by atoms with Crippen molar-refractivity contribution in [3.05, 3.63) is 145 Å². The zero-order valence-corrected chi connectivity index (χ0v) is 18.3. The Labute approximate surface area is 195 Å². The second kappa shape index (κ2) is 14.6. The Morgan fingerprint density at radius 3 is 1.59 bits per heavy atom. The van der Waals surface area contributed by atoms with Crippen LogP contribution in [0.25, 0.3) is 11.1 Å². The minimum absolute atomic E-state index is 0. The van der Waals surface area contributed by atoms with Crippen molar-refractivity contribution in [1.29, 1.82) is 0 Å². The molecule has 0 heterocycles. The van der Waals surface area contributed by atoms with Gasteiger partial charge in [0.25, 0.3) is 0 Å². The summed E-state index contributed by atoms with van der Waals surface area (Å²) in [5.41, 5.74) is 5.45. The molecule has 0 aliphatic heterocycles. The van der Waals surface area contributed by atoms with Crippen LogP contribution in [0.4, 0.5) is 0 Å². The van der Waals surface area contributed by atoms with E-state index < -0.39 is 0 Å². The number of hydrogen-bond acceptors (Lipinski definition) is 0. The Bertz CT molecular complexity index is 865. The molecule has 0 spiro atoms. The maximum absolute atomic E-state index is 2.22. The Morgan fingerprint density at radius 1 is 0.552 bits per heavy atom. The van der Waals surface area contributed by atoms with Crippen LogP contribution in [0.3, 0.4) is 0 Å². The molecule has 0 aliphatic carbocycles. The van der Waals surface area contributed by atoms with Crippen molar-refractivity contribution in [3.63, 3.8) is 0 Å². The SMILES string of the molecule is [Fe+2].[Fe+2].c1cc[cH-]c1.c1cc[cH-]c1.c1ccc(Cc2ccc[c-]2-[c-]2cccc2)cc1. The summed E-state index contributed by atoms with van der Waals surface area (Å²) in [5, 5.41) is 0. The molecule has 5 aromatic carbocycles. The molecule has 0 fully saturated rings. The average molecular weight is 460 g/mol. The van der Waals surface area contributed by atoms with Crippen LogP contribution < -0.4 is 0 Å². The van der Waals surface area contributed by atoms with E-state index in [1.165, 1.54) is 22.3 Å². The van der Waals surface area contributed by atoms with Crippen LogP contribution in [-0.2, 0) is 40.6 Å². The summed E-state index contributed by atoms with van der Waals surface area (Å²) in [6.07, 6.45) is 1.01. The van der Waals surface area contributed by atoms with E-state index in [-0.39, 0.29) is 34.1 Å². The minimum Gasteiger partial charge on any atom is -0.214 e. The topological polar surface area (TPSA) is 0 Å². The van der Waals surface area contributed by atoms with Gasteiger partial charge in [-0.05, 0) is 6.42 Å². The molecular weight excluding hydrogens is 436 g/mol. The van der Waals surface area contributed by atoms with Gasteiger partial charge in [0.05, 0.1) is 0 Å². The summed E-state index contributed by atoms with van der Waals surface area (Å²) in [7, 11) is 0. The predicted molar refractivity (Wildman–Crippen MR) is 116 cm³/mol. The minimum atomic E-state index is 0. The van der Waals surface area contributed by atoms with Crippen LogP contribution in [0.15, 0.2) is 133 Å². The summed E-state index contributed by atoms with van der Waals surface area (Å²) < 4.78 is 0. The first-order chi connectivity index (χ1) is 13.4. The Morgan fingerprint density at radius 2 is 1.10 bits per heavy atom. The van der Waals surface area contributed by atoms with E-state index in [0.29, 0.717) is 0 Å². The smallest absolute Gasteiger partial charge is 0.214 e. The number of rotatable bonds is 3. The Hall–Kier alpha value is -2.34. The van der Waals surface area contributed by atoms with Gasteiger partial charge in [-0.1, -0.05) is 35.9 Å². The quantitative estimate of drug-likeness (QED) is 0.198. The maximum atomic E-state index is 2.22. The second-order valence-corrected chi connectivity index (χ2v) is 6.23. The number of hydrogen-bond donors (Lipinski definition) is 0. The molecule has 148 valence electrons. The third kappa shape index (κ3) is 8.69. The first-order valence-corrected chi connectivity index (χ1v) is 9.27. The Kier molecular flexibility index (Phi) is 12.5. The third-order valence-electron chi connectivity index (χ3n) is 4.23. The van der Waals surface area contributed by atoms with Gasteiger partial charge < -0.3 is 0 Å². The van der Waals surface area contributed by atoms with Gasteiger partial charge in [0.2, 0.25) is 0 Å². The molecule has 2 heteroatoms. The molecule has 0 saturated carbocycles. The molecule has 0 radical (unpaired) electrons. The molecule has 5 rings (SSSR count). The fourth-order valence-electron chi connectivity index (χ4n) is 2.90. The molecule has 0 aliphatic rings. The molecule has 0 aromatic heterocycles. The fourth-order valence-corrected chi connectivity index (χ4v) is 2.90. The van der Waals surface area contributed by atoms with E-state index in [2.05, 4.69) is 72.8 Å². The van der Waals surface area contributed by atoms with Crippen molar-refractivity contribution in [2.75, 3.05) is 0 Å². The summed E-state index contributed by atoms with van der Waals surface area (Å²) in [6, 6.07) is 45.7. The molecule has 0 bridgehead atoms. The second-order valence-electron chi connectivity index (χ2n) is 6.23.